The van der Waals surface area contributed by atoms with Crippen molar-refractivity contribution in [3.8, 4) is 17.0 Å². The molecule has 0 bridgehead atoms. The van der Waals surface area contributed by atoms with Crippen molar-refractivity contribution in [2.45, 2.75) is 12.8 Å². The molecular weight excluding hydrogens is 412 g/mol. The van der Waals surface area contributed by atoms with Crippen LogP contribution in [0, 0.1) is 0 Å². The summed E-state index contributed by atoms with van der Waals surface area (Å²) in [7, 11) is 0. The van der Waals surface area contributed by atoms with Crippen LogP contribution in [0.4, 0.5) is 5.82 Å². The molecule has 2 aromatic carbocycles. The Hall–Kier alpha value is -3.12. The van der Waals surface area contributed by atoms with E-state index in [1.54, 1.807) is 12.4 Å². The first-order chi connectivity index (χ1) is 15.2. The molecule has 160 valence electrons. The van der Waals surface area contributed by atoms with Crippen LogP contribution >= 0.6 is 11.6 Å². The second-order valence-electron chi connectivity index (χ2n) is 7.38. The smallest absolute Gasteiger partial charge is 0.222 e. The number of ether oxygens (including phenoxy) is 1. The zero-order valence-corrected chi connectivity index (χ0v) is 18.0. The molecule has 6 nitrogen and oxygen atoms in total. The van der Waals surface area contributed by atoms with Crippen molar-refractivity contribution in [1.82, 2.24) is 14.9 Å². The Kier molecular flexibility index (Phi) is 6.99. The molecule has 1 fully saturated rings. The van der Waals surface area contributed by atoms with Gasteiger partial charge in [-0.15, -0.1) is 0 Å². The number of halogens is 1. The number of hydrogen-bond donors (Lipinski definition) is 0. The van der Waals surface area contributed by atoms with E-state index in [1.807, 2.05) is 59.5 Å². The van der Waals surface area contributed by atoms with E-state index < -0.39 is 0 Å². The first kappa shape index (κ1) is 21.1. The van der Waals surface area contributed by atoms with E-state index in [0.29, 0.717) is 43.3 Å². The molecule has 1 saturated heterocycles. The number of benzene rings is 2. The van der Waals surface area contributed by atoms with Crippen molar-refractivity contribution in [2.24, 2.45) is 0 Å². The molecule has 2 heterocycles. The fourth-order valence-electron chi connectivity index (χ4n) is 3.60. The number of piperazine rings is 1. The van der Waals surface area contributed by atoms with E-state index in [9.17, 15) is 4.79 Å². The first-order valence-corrected chi connectivity index (χ1v) is 10.9. The number of aromatic nitrogens is 2. The van der Waals surface area contributed by atoms with Gasteiger partial charge in [-0.05, 0) is 18.6 Å². The lowest BCUT2D eigenvalue weighted by Crippen LogP contribution is -2.49. The molecule has 0 radical (unpaired) electrons. The summed E-state index contributed by atoms with van der Waals surface area (Å²) in [6, 6.07) is 19.5. The standard InChI is InChI=1S/C24H25ClN4O2/c25-20-9-4-5-10-22(20)31-16-6-11-24(30)29-14-12-28(13-15-29)23-17-21(26-18-27-23)19-7-2-1-3-8-19/h1-5,7-10,17-18H,6,11-16H2. The van der Waals surface area contributed by atoms with Gasteiger partial charge in [0.05, 0.1) is 17.3 Å². The zero-order chi connectivity index (χ0) is 21.5. The van der Waals surface area contributed by atoms with Gasteiger partial charge in [0.25, 0.3) is 0 Å². The predicted molar refractivity (Wildman–Crippen MR) is 122 cm³/mol. The molecule has 31 heavy (non-hydrogen) atoms. The van der Waals surface area contributed by atoms with Crippen molar-refractivity contribution in [1.29, 1.82) is 0 Å². The number of carbonyl (C=O) groups is 1. The Labute approximate surface area is 187 Å². The van der Waals surface area contributed by atoms with Crippen LogP contribution in [0.15, 0.2) is 67.0 Å². The van der Waals surface area contributed by atoms with Crippen LogP contribution < -0.4 is 9.64 Å². The molecule has 1 aromatic heterocycles. The zero-order valence-electron chi connectivity index (χ0n) is 17.3. The minimum Gasteiger partial charge on any atom is -0.492 e. The monoisotopic (exact) mass is 436 g/mol. The minimum atomic E-state index is 0.162. The van der Waals surface area contributed by atoms with Gasteiger partial charge in [-0.25, -0.2) is 9.97 Å². The highest BCUT2D eigenvalue weighted by molar-refractivity contribution is 6.32. The Morgan fingerprint density at radius 1 is 0.968 bits per heavy atom. The van der Waals surface area contributed by atoms with Gasteiger partial charge in [0.1, 0.15) is 17.9 Å². The molecule has 1 aliphatic heterocycles. The molecule has 0 unspecified atom stereocenters. The van der Waals surface area contributed by atoms with Gasteiger partial charge in [0.2, 0.25) is 5.91 Å². The molecule has 1 amide bonds. The molecule has 0 spiro atoms. The lowest BCUT2D eigenvalue weighted by atomic mass is 10.1. The van der Waals surface area contributed by atoms with Crippen LogP contribution in [0.3, 0.4) is 0 Å². The third-order valence-corrected chi connectivity index (χ3v) is 5.62. The van der Waals surface area contributed by atoms with Gasteiger partial charge in [0.15, 0.2) is 0 Å². The molecule has 0 aliphatic carbocycles. The Balaban J connectivity index is 1.24. The van der Waals surface area contributed by atoms with E-state index in [0.717, 1.165) is 30.2 Å². The Morgan fingerprint density at radius 2 is 1.71 bits per heavy atom. The number of hydrogen-bond acceptors (Lipinski definition) is 5. The van der Waals surface area contributed by atoms with Gasteiger partial charge in [0, 0.05) is 44.2 Å². The molecule has 0 N–H and O–H groups in total. The average Bonchev–Trinajstić information content (AvgIpc) is 2.83. The quantitative estimate of drug-likeness (QED) is 0.517. The van der Waals surface area contributed by atoms with Gasteiger partial charge < -0.3 is 14.5 Å². The largest absolute Gasteiger partial charge is 0.492 e. The highest BCUT2D eigenvalue weighted by Gasteiger charge is 2.22. The highest BCUT2D eigenvalue weighted by atomic mass is 35.5. The van der Waals surface area contributed by atoms with E-state index in [-0.39, 0.29) is 5.91 Å². The van der Waals surface area contributed by atoms with Gasteiger partial charge in [-0.2, -0.15) is 0 Å². The number of nitrogens with zero attached hydrogens (tertiary/aromatic N) is 4. The SMILES string of the molecule is O=C(CCCOc1ccccc1Cl)N1CCN(c2cc(-c3ccccc3)ncn2)CC1. The lowest BCUT2D eigenvalue weighted by Gasteiger charge is -2.35. The fraction of sp³-hybridized carbons (Fsp3) is 0.292. The lowest BCUT2D eigenvalue weighted by molar-refractivity contribution is -0.131. The molecule has 3 aromatic rings. The molecular formula is C24H25ClN4O2. The summed E-state index contributed by atoms with van der Waals surface area (Å²) in [6.07, 6.45) is 2.74. The molecule has 1 aliphatic rings. The van der Waals surface area contributed by atoms with Crippen LogP contribution in [0.25, 0.3) is 11.3 Å². The van der Waals surface area contributed by atoms with E-state index in [4.69, 9.17) is 16.3 Å². The summed E-state index contributed by atoms with van der Waals surface area (Å²) in [5, 5.41) is 0.588. The third-order valence-electron chi connectivity index (χ3n) is 5.31. The number of anilines is 1. The van der Waals surface area contributed by atoms with Gasteiger partial charge in [-0.1, -0.05) is 54.1 Å². The van der Waals surface area contributed by atoms with Gasteiger partial charge >= 0.3 is 0 Å². The second-order valence-corrected chi connectivity index (χ2v) is 7.78. The van der Waals surface area contributed by atoms with E-state index in [1.165, 1.54) is 0 Å². The van der Waals surface area contributed by atoms with Crippen molar-refractivity contribution in [3.05, 3.63) is 72.0 Å². The van der Waals surface area contributed by atoms with Crippen LogP contribution in [0.2, 0.25) is 5.02 Å². The number of para-hydroxylation sites is 1. The summed E-state index contributed by atoms with van der Waals surface area (Å²) in [5.74, 6) is 1.72. The maximum atomic E-state index is 12.6. The van der Waals surface area contributed by atoms with E-state index in [2.05, 4.69) is 14.9 Å². The van der Waals surface area contributed by atoms with Crippen LogP contribution in [0.5, 0.6) is 5.75 Å². The van der Waals surface area contributed by atoms with Crippen molar-refractivity contribution in [2.75, 3.05) is 37.7 Å². The number of amides is 1. The average molecular weight is 437 g/mol. The predicted octanol–water partition coefficient (Wildman–Crippen LogP) is 4.30. The minimum absolute atomic E-state index is 0.162. The summed E-state index contributed by atoms with van der Waals surface area (Å²) >= 11 is 6.08. The fourth-order valence-corrected chi connectivity index (χ4v) is 3.79. The summed E-state index contributed by atoms with van der Waals surface area (Å²) in [5.41, 5.74) is 1.97. The van der Waals surface area contributed by atoms with Crippen LogP contribution in [-0.4, -0.2) is 53.6 Å². The summed E-state index contributed by atoms with van der Waals surface area (Å²) in [4.78, 5) is 25.5. The maximum Gasteiger partial charge on any atom is 0.222 e. The first-order valence-electron chi connectivity index (χ1n) is 10.5. The van der Waals surface area contributed by atoms with Crippen molar-refractivity contribution in [3.63, 3.8) is 0 Å². The molecule has 4 rings (SSSR count). The summed E-state index contributed by atoms with van der Waals surface area (Å²) < 4.78 is 5.67. The third kappa shape index (κ3) is 5.52. The Morgan fingerprint density at radius 3 is 2.48 bits per heavy atom. The second kappa shape index (κ2) is 10.3. The van der Waals surface area contributed by atoms with Crippen molar-refractivity contribution >= 4 is 23.3 Å². The topological polar surface area (TPSA) is 58.6 Å². The normalized spacial score (nSPS) is 13.8. The number of carbonyl (C=O) groups excluding carboxylic acids is 1. The van der Waals surface area contributed by atoms with Gasteiger partial charge in [-0.3, -0.25) is 4.79 Å². The Bertz CT molecular complexity index is 1010. The van der Waals surface area contributed by atoms with Crippen LogP contribution in [0.1, 0.15) is 12.8 Å². The maximum absolute atomic E-state index is 12.6. The van der Waals surface area contributed by atoms with Crippen LogP contribution in [-0.2, 0) is 4.79 Å². The number of rotatable bonds is 7. The van der Waals surface area contributed by atoms with E-state index >= 15 is 0 Å². The molecule has 7 heteroatoms. The summed E-state index contributed by atoms with van der Waals surface area (Å²) in [6.45, 7) is 3.36. The molecule has 0 atom stereocenters. The van der Waals surface area contributed by atoms with Crippen molar-refractivity contribution < 1.29 is 9.53 Å². The molecule has 0 saturated carbocycles. The highest BCUT2D eigenvalue weighted by Crippen LogP contribution is 2.24.